The number of benzene rings is 4. The van der Waals surface area contributed by atoms with Gasteiger partial charge in [0.25, 0.3) is 5.91 Å². The number of carboxylic acid groups (broad SMARTS) is 1. The average Bonchev–Trinajstić information content (AvgIpc) is 3.25. The summed E-state index contributed by atoms with van der Waals surface area (Å²) >= 11 is 0. The van der Waals surface area contributed by atoms with E-state index >= 15 is 0 Å². The summed E-state index contributed by atoms with van der Waals surface area (Å²) in [6.07, 6.45) is -4.66. The number of hydrogen-bond donors (Lipinski definition) is 3. The van der Waals surface area contributed by atoms with Crippen molar-refractivity contribution in [1.82, 2.24) is 0 Å². The molecule has 0 saturated carbocycles. The molecule has 1 aliphatic heterocycles. The number of alkyl halides is 3. The maximum absolute atomic E-state index is 13.7. The Morgan fingerprint density at radius 3 is 2.33 bits per heavy atom. The number of halogens is 3. The Morgan fingerprint density at radius 1 is 0.905 bits per heavy atom. The van der Waals surface area contributed by atoms with Crippen LogP contribution in [0.5, 0.6) is 17.2 Å². The molecule has 1 heterocycles. The quantitative estimate of drug-likeness (QED) is 0.174. The van der Waals surface area contributed by atoms with Crippen molar-refractivity contribution in [3.8, 4) is 28.4 Å². The molecule has 0 spiro atoms. The highest BCUT2D eigenvalue weighted by Crippen LogP contribution is 2.43. The number of aromatic carboxylic acids is 1. The second-order valence-corrected chi connectivity index (χ2v) is 9.07. The summed E-state index contributed by atoms with van der Waals surface area (Å²) in [4.78, 5) is 26.1. The molecule has 12 heteroatoms. The number of carboxylic acids is 1. The lowest BCUT2D eigenvalue weighted by atomic mass is 10.0. The Balaban J connectivity index is 1.57. The number of hydrogen-bond acceptors (Lipinski definition) is 7. The van der Waals surface area contributed by atoms with Crippen LogP contribution >= 0.6 is 0 Å². The fourth-order valence-electron chi connectivity index (χ4n) is 4.55. The monoisotopic (exact) mass is 577 g/mol. The second-order valence-electron chi connectivity index (χ2n) is 9.07. The zero-order chi connectivity index (χ0) is 30.2. The minimum atomic E-state index is -4.66. The van der Waals surface area contributed by atoms with Crippen LogP contribution < -0.4 is 19.8 Å². The van der Waals surface area contributed by atoms with Crippen molar-refractivity contribution in [2.45, 2.75) is 6.18 Å². The summed E-state index contributed by atoms with van der Waals surface area (Å²) < 4.78 is 51.4. The fourth-order valence-corrected chi connectivity index (χ4v) is 4.55. The number of phenolic OH excluding ortho intramolecular Hbond substituents is 1. The number of carbonyl (C=O) groups is 2. The van der Waals surface area contributed by atoms with Crippen LogP contribution in [0.25, 0.3) is 11.1 Å². The molecule has 214 valence electrons. The van der Waals surface area contributed by atoms with Crippen molar-refractivity contribution >= 4 is 34.7 Å². The van der Waals surface area contributed by atoms with Gasteiger partial charge in [0, 0.05) is 17.2 Å². The molecular weight excluding hydrogens is 555 g/mol. The summed E-state index contributed by atoms with van der Waals surface area (Å²) in [6, 6.07) is 17.9. The number of ether oxygens (including phenoxy) is 2. The number of carbonyl (C=O) groups excluding carboxylic acids is 1. The first-order valence-electron chi connectivity index (χ1n) is 12.3. The Hall–Kier alpha value is -5.52. The Kier molecular flexibility index (Phi) is 7.21. The van der Waals surface area contributed by atoms with Gasteiger partial charge >= 0.3 is 12.1 Å². The van der Waals surface area contributed by atoms with Crippen molar-refractivity contribution < 1.29 is 42.4 Å². The molecule has 4 aromatic rings. The smallest absolute Gasteiger partial charge is 0.416 e. The van der Waals surface area contributed by atoms with Gasteiger partial charge in [-0.1, -0.05) is 24.3 Å². The largest absolute Gasteiger partial charge is 0.505 e. The molecular formula is C30H22F3N3O6. The highest BCUT2D eigenvalue weighted by atomic mass is 19.4. The number of hydrazone groups is 1. The molecule has 0 radical (unpaired) electrons. The summed E-state index contributed by atoms with van der Waals surface area (Å²) in [5.41, 5.74) is 2.58. The van der Waals surface area contributed by atoms with Gasteiger partial charge in [-0.15, -0.1) is 0 Å². The van der Waals surface area contributed by atoms with Crippen molar-refractivity contribution in [1.29, 1.82) is 0 Å². The Morgan fingerprint density at radius 2 is 1.64 bits per heavy atom. The fraction of sp³-hybridized carbons (Fsp3) is 0.100. The normalized spacial score (nSPS) is 13.7. The van der Waals surface area contributed by atoms with E-state index in [4.69, 9.17) is 9.47 Å². The maximum atomic E-state index is 13.7. The molecule has 0 aliphatic carbocycles. The van der Waals surface area contributed by atoms with Gasteiger partial charge < -0.3 is 19.7 Å². The van der Waals surface area contributed by atoms with E-state index in [2.05, 4.69) is 10.5 Å². The highest BCUT2D eigenvalue weighted by molar-refractivity contribution is 6.55. The van der Waals surface area contributed by atoms with Gasteiger partial charge in [-0.2, -0.15) is 18.3 Å². The predicted molar refractivity (Wildman–Crippen MR) is 149 cm³/mol. The summed E-state index contributed by atoms with van der Waals surface area (Å²) in [5.74, 6) is -1.53. The van der Waals surface area contributed by atoms with Crippen LogP contribution in [0.1, 0.15) is 21.5 Å². The standard InChI is InChI=1S/C30H22F3N3O6/c1-41-24-12-10-19(15-25(24)42-2)36-23-14-18(30(31,32)33)9-11-21(23)26(28(36)38)35-34-22-8-4-7-20(27(22)37)16-5-3-6-17(13-16)29(39)40/h3-15,34,37H,1-2H3,(H,39,40). The number of aromatic hydroxyl groups is 1. The van der Waals surface area contributed by atoms with Crippen molar-refractivity contribution in [2.75, 3.05) is 24.5 Å². The highest BCUT2D eigenvalue weighted by Gasteiger charge is 2.39. The lowest BCUT2D eigenvalue weighted by Gasteiger charge is -2.19. The van der Waals surface area contributed by atoms with E-state index in [9.17, 15) is 33.0 Å². The zero-order valence-corrected chi connectivity index (χ0v) is 22.1. The molecule has 4 aromatic carbocycles. The minimum Gasteiger partial charge on any atom is -0.505 e. The number of fused-ring (bicyclic) bond motifs is 1. The van der Waals surface area contributed by atoms with Gasteiger partial charge in [0.05, 0.1) is 42.4 Å². The first kappa shape index (κ1) is 28.0. The predicted octanol–water partition coefficient (Wildman–Crippen LogP) is 6.29. The number of rotatable bonds is 7. The topological polar surface area (TPSA) is 121 Å². The molecule has 0 aromatic heterocycles. The molecule has 0 atom stereocenters. The van der Waals surface area contributed by atoms with Crippen LogP contribution in [0.2, 0.25) is 0 Å². The number of nitrogens with zero attached hydrogens (tertiary/aromatic N) is 2. The van der Waals surface area contributed by atoms with E-state index in [0.29, 0.717) is 16.9 Å². The number of amides is 1. The summed E-state index contributed by atoms with van der Waals surface area (Å²) in [7, 11) is 2.81. The molecule has 0 unspecified atom stereocenters. The molecule has 5 rings (SSSR count). The average molecular weight is 578 g/mol. The van der Waals surface area contributed by atoms with E-state index < -0.39 is 23.6 Å². The summed E-state index contributed by atoms with van der Waals surface area (Å²) in [6.45, 7) is 0. The van der Waals surface area contributed by atoms with E-state index in [0.717, 1.165) is 23.1 Å². The van der Waals surface area contributed by atoms with Gasteiger partial charge in [-0.3, -0.25) is 15.1 Å². The van der Waals surface area contributed by atoms with Crippen molar-refractivity contribution in [2.24, 2.45) is 5.10 Å². The molecule has 0 saturated heterocycles. The van der Waals surface area contributed by atoms with Gasteiger partial charge in [0.2, 0.25) is 0 Å². The van der Waals surface area contributed by atoms with E-state index in [1.54, 1.807) is 18.2 Å². The lowest BCUT2D eigenvalue weighted by Crippen LogP contribution is -2.26. The molecule has 3 N–H and O–H groups in total. The van der Waals surface area contributed by atoms with Gasteiger partial charge in [-0.05, 0) is 54.1 Å². The van der Waals surface area contributed by atoms with Gasteiger partial charge in [0.15, 0.2) is 17.2 Å². The van der Waals surface area contributed by atoms with Crippen molar-refractivity contribution in [3.05, 3.63) is 95.6 Å². The van der Waals surface area contributed by atoms with E-state index in [1.165, 1.54) is 56.7 Å². The molecule has 0 bridgehead atoms. The van der Waals surface area contributed by atoms with Crippen LogP contribution in [0.15, 0.2) is 84.0 Å². The number of nitrogens with one attached hydrogen (secondary N) is 1. The third-order valence-corrected chi connectivity index (χ3v) is 6.60. The van der Waals surface area contributed by atoms with Crippen LogP contribution in [0.3, 0.4) is 0 Å². The number of phenols is 1. The maximum Gasteiger partial charge on any atom is 0.416 e. The summed E-state index contributed by atoms with van der Waals surface area (Å²) in [5, 5.41) is 24.4. The van der Waals surface area contributed by atoms with Crippen LogP contribution in [0, 0.1) is 0 Å². The number of anilines is 3. The van der Waals surface area contributed by atoms with Crippen LogP contribution in [-0.4, -0.2) is 42.0 Å². The zero-order valence-electron chi connectivity index (χ0n) is 22.1. The SMILES string of the molecule is COc1ccc(N2C(=O)C(=NNc3cccc(-c4cccc(C(=O)O)c4)c3O)c3ccc(C(F)(F)F)cc32)cc1OC. The number of para-hydroxylation sites is 1. The first-order valence-corrected chi connectivity index (χ1v) is 12.3. The van der Waals surface area contributed by atoms with Gasteiger partial charge in [0.1, 0.15) is 5.75 Å². The van der Waals surface area contributed by atoms with Crippen LogP contribution in [0.4, 0.5) is 30.2 Å². The third kappa shape index (κ3) is 5.05. The Labute approximate surface area is 237 Å². The lowest BCUT2D eigenvalue weighted by molar-refractivity contribution is -0.137. The molecule has 1 aliphatic rings. The van der Waals surface area contributed by atoms with Gasteiger partial charge in [-0.25, -0.2) is 4.79 Å². The molecule has 1 amide bonds. The molecule has 9 nitrogen and oxygen atoms in total. The van der Waals surface area contributed by atoms with Crippen LogP contribution in [-0.2, 0) is 11.0 Å². The Bertz CT molecular complexity index is 1750. The second kappa shape index (κ2) is 10.8. The number of methoxy groups -OCH3 is 2. The molecule has 0 fully saturated rings. The minimum absolute atomic E-state index is 0.0205. The first-order chi connectivity index (χ1) is 20.0. The van der Waals surface area contributed by atoms with Crippen molar-refractivity contribution in [3.63, 3.8) is 0 Å². The van der Waals surface area contributed by atoms with E-state index in [-0.39, 0.29) is 45.4 Å². The van der Waals surface area contributed by atoms with E-state index in [1.807, 2.05) is 0 Å². The molecule has 42 heavy (non-hydrogen) atoms. The third-order valence-electron chi connectivity index (χ3n) is 6.60.